The molecule has 1 fully saturated rings. The molecule has 0 aliphatic carbocycles. The highest BCUT2D eigenvalue weighted by Gasteiger charge is 2.36. The van der Waals surface area contributed by atoms with Crippen molar-refractivity contribution in [3.63, 3.8) is 0 Å². The maximum atomic E-state index is 14.0. The van der Waals surface area contributed by atoms with Crippen LogP contribution in [0.2, 0.25) is 0 Å². The summed E-state index contributed by atoms with van der Waals surface area (Å²) in [5.41, 5.74) is 11.5. The van der Waals surface area contributed by atoms with Crippen molar-refractivity contribution >= 4 is 22.5 Å². The number of para-hydroxylation sites is 1. The highest BCUT2D eigenvalue weighted by atomic mass is 19.1. The Labute approximate surface area is 251 Å². The molecule has 226 valence electrons. The summed E-state index contributed by atoms with van der Waals surface area (Å²) in [5, 5.41) is 15.5. The molecule has 10 nitrogen and oxygen atoms in total. The second-order valence-corrected chi connectivity index (χ2v) is 11.6. The number of rotatable bonds is 7. The number of halogens is 2. The second-order valence-electron chi connectivity index (χ2n) is 11.6. The largest absolute Gasteiger partial charge is 0.433 e. The van der Waals surface area contributed by atoms with Gasteiger partial charge in [0.15, 0.2) is 11.6 Å². The van der Waals surface area contributed by atoms with Crippen LogP contribution in [-0.4, -0.2) is 79.3 Å². The van der Waals surface area contributed by atoms with Gasteiger partial charge in [0.05, 0.1) is 35.4 Å². The lowest BCUT2D eigenvalue weighted by Gasteiger charge is -2.46. The Morgan fingerprint density at radius 3 is 2.70 bits per heavy atom. The minimum absolute atomic E-state index is 0.00636. The number of ketones is 1. The number of carbonyl (C=O) groups excluding carboxylic acids is 1. The van der Waals surface area contributed by atoms with Gasteiger partial charge in [-0.2, -0.15) is 5.10 Å². The first-order chi connectivity index (χ1) is 21.2. The predicted molar refractivity (Wildman–Crippen MR) is 160 cm³/mol. The molecule has 2 unspecified atom stereocenters. The van der Waals surface area contributed by atoms with Crippen LogP contribution in [-0.2, 0) is 13.0 Å². The SMILES string of the molecule is Cc1cc(Oc2c(F)cccc2F)ncc1-n1ncc(C(=O)c2cc3c4c(ccc3[nH]2)CCN(CC2C(O)CN2C)C4)c1N. The molecule has 0 amide bonds. The average molecular weight is 600 g/mol. The van der Waals surface area contributed by atoms with Crippen molar-refractivity contribution in [3.05, 3.63) is 94.4 Å². The standard InChI is InChI=1S/C32H31F2N7O3/c1-17-10-29(44-31-22(33)4-3-5-23(31)34)36-13-26(17)41-32(35)20(12-37-41)30(43)25-11-19-21-14-40(15-27-28(42)16-39(27)2)9-8-18(21)6-7-24(19)38-25/h3-7,10-13,27-28,38,42H,8-9,14-16,35H2,1-2H3. The maximum absolute atomic E-state index is 14.0. The fourth-order valence-electron chi connectivity index (χ4n) is 6.18. The third-order valence-corrected chi connectivity index (χ3v) is 8.73. The number of hydrogen-bond donors (Lipinski definition) is 3. The van der Waals surface area contributed by atoms with Crippen molar-refractivity contribution in [2.45, 2.75) is 32.0 Å². The number of likely N-dealkylation sites (tertiary alicyclic amines) is 1. The number of hydrogen-bond acceptors (Lipinski definition) is 8. The number of nitrogens with zero attached hydrogens (tertiary/aromatic N) is 5. The molecular formula is C32H31F2N7O3. The van der Waals surface area contributed by atoms with Crippen molar-refractivity contribution in [2.24, 2.45) is 0 Å². The van der Waals surface area contributed by atoms with Crippen LogP contribution in [0.3, 0.4) is 0 Å². The molecule has 1 saturated heterocycles. The van der Waals surface area contributed by atoms with Crippen LogP contribution in [0.15, 0.2) is 54.9 Å². The maximum Gasteiger partial charge on any atom is 0.219 e. The number of β-amino-alcohol motifs (C(OH)–C–C–N with tert-alkyl or cyclic N) is 1. The molecular weight excluding hydrogens is 568 g/mol. The van der Waals surface area contributed by atoms with Gasteiger partial charge in [0.2, 0.25) is 17.4 Å². The molecule has 2 atom stereocenters. The molecule has 0 saturated carbocycles. The first-order valence-electron chi connectivity index (χ1n) is 14.4. The number of aromatic nitrogens is 4. The van der Waals surface area contributed by atoms with Gasteiger partial charge in [-0.05, 0) is 61.3 Å². The zero-order valence-electron chi connectivity index (χ0n) is 24.2. The van der Waals surface area contributed by atoms with E-state index in [2.05, 4.69) is 30.9 Å². The summed E-state index contributed by atoms with van der Waals surface area (Å²) in [4.78, 5) is 25.6. The van der Waals surface area contributed by atoms with E-state index in [-0.39, 0.29) is 35.2 Å². The Morgan fingerprint density at radius 2 is 1.98 bits per heavy atom. The van der Waals surface area contributed by atoms with Crippen LogP contribution in [0.4, 0.5) is 14.6 Å². The smallest absolute Gasteiger partial charge is 0.219 e. The van der Waals surface area contributed by atoms with E-state index in [1.807, 2.05) is 19.2 Å². The van der Waals surface area contributed by atoms with Crippen molar-refractivity contribution in [1.29, 1.82) is 0 Å². The van der Waals surface area contributed by atoms with E-state index in [0.717, 1.165) is 49.1 Å². The van der Waals surface area contributed by atoms with Gasteiger partial charge in [0.25, 0.3) is 0 Å². The minimum atomic E-state index is -0.843. The minimum Gasteiger partial charge on any atom is -0.433 e. The van der Waals surface area contributed by atoms with E-state index in [0.29, 0.717) is 23.5 Å². The Kier molecular flexibility index (Phi) is 6.91. The van der Waals surface area contributed by atoms with E-state index in [4.69, 9.17) is 10.5 Å². The number of aliphatic hydroxyl groups is 1. The Hall–Kier alpha value is -4.65. The van der Waals surface area contributed by atoms with E-state index in [1.165, 1.54) is 40.3 Å². The number of aromatic amines is 1. The van der Waals surface area contributed by atoms with Crippen LogP contribution < -0.4 is 10.5 Å². The van der Waals surface area contributed by atoms with E-state index < -0.39 is 17.4 Å². The number of ether oxygens (including phenoxy) is 1. The Bertz CT molecular complexity index is 1890. The van der Waals surface area contributed by atoms with Gasteiger partial charge in [-0.15, -0.1) is 0 Å². The zero-order chi connectivity index (χ0) is 30.7. The molecule has 5 aromatic rings. The molecule has 0 bridgehead atoms. The molecule has 2 aliphatic heterocycles. The Morgan fingerprint density at radius 1 is 1.18 bits per heavy atom. The summed E-state index contributed by atoms with van der Waals surface area (Å²) in [6.45, 7) is 4.90. The van der Waals surface area contributed by atoms with Crippen LogP contribution in [0.5, 0.6) is 11.6 Å². The number of carbonyl (C=O) groups is 1. The lowest BCUT2D eigenvalue weighted by Crippen LogP contribution is -2.62. The fourth-order valence-corrected chi connectivity index (χ4v) is 6.18. The van der Waals surface area contributed by atoms with Crippen LogP contribution in [0, 0.1) is 18.6 Å². The summed E-state index contributed by atoms with van der Waals surface area (Å²) >= 11 is 0. The number of H-pyrrole nitrogens is 1. The van der Waals surface area contributed by atoms with Crippen molar-refractivity contribution in [1.82, 2.24) is 29.5 Å². The van der Waals surface area contributed by atoms with E-state index in [9.17, 15) is 18.7 Å². The van der Waals surface area contributed by atoms with Gasteiger partial charge in [0.1, 0.15) is 5.82 Å². The Balaban J connectivity index is 1.13. The predicted octanol–water partition coefficient (Wildman–Crippen LogP) is 3.97. The number of nitrogens with two attached hydrogens (primary N) is 1. The average Bonchev–Trinajstić information content (AvgIpc) is 3.62. The lowest BCUT2D eigenvalue weighted by atomic mass is 9.94. The van der Waals surface area contributed by atoms with E-state index >= 15 is 0 Å². The van der Waals surface area contributed by atoms with Crippen molar-refractivity contribution in [2.75, 3.05) is 32.4 Å². The van der Waals surface area contributed by atoms with Gasteiger partial charge < -0.3 is 20.6 Å². The summed E-state index contributed by atoms with van der Waals surface area (Å²) < 4.78 is 34.8. The molecule has 44 heavy (non-hydrogen) atoms. The number of pyridine rings is 1. The second kappa shape index (κ2) is 10.8. The normalized spacial score (nSPS) is 18.8. The summed E-state index contributed by atoms with van der Waals surface area (Å²) in [6, 6.07) is 11.1. The molecule has 0 spiro atoms. The van der Waals surface area contributed by atoms with Crippen LogP contribution in [0.25, 0.3) is 16.6 Å². The molecule has 3 aromatic heterocycles. The third-order valence-electron chi connectivity index (χ3n) is 8.73. The number of fused-ring (bicyclic) bond motifs is 3. The first-order valence-corrected chi connectivity index (χ1v) is 14.4. The molecule has 0 radical (unpaired) electrons. The highest BCUT2D eigenvalue weighted by molar-refractivity contribution is 6.12. The molecule has 2 aliphatic rings. The fraction of sp³-hybridized carbons (Fsp3) is 0.281. The summed E-state index contributed by atoms with van der Waals surface area (Å²) in [7, 11) is 2.03. The van der Waals surface area contributed by atoms with Gasteiger partial charge >= 0.3 is 0 Å². The van der Waals surface area contributed by atoms with Gasteiger partial charge in [0, 0.05) is 49.2 Å². The number of likely N-dealkylation sites (N-methyl/N-ethyl adjacent to an activating group) is 1. The molecule has 7 rings (SSSR count). The third kappa shape index (κ3) is 4.80. The molecule has 4 N–H and O–H groups in total. The number of nitrogens with one attached hydrogen (secondary N) is 1. The molecule has 5 heterocycles. The van der Waals surface area contributed by atoms with Crippen molar-refractivity contribution in [3.8, 4) is 17.3 Å². The number of aryl methyl sites for hydroxylation is 1. The molecule has 2 aromatic carbocycles. The van der Waals surface area contributed by atoms with Gasteiger partial charge in [-0.1, -0.05) is 12.1 Å². The number of benzene rings is 2. The molecule has 12 heteroatoms. The summed E-state index contributed by atoms with van der Waals surface area (Å²) in [6.07, 6.45) is 3.44. The topological polar surface area (TPSA) is 126 Å². The van der Waals surface area contributed by atoms with Gasteiger partial charge in [-0.3, -0.25) is 14.6 Å². The quantitative estimate of drug-likeness (QED) is 0.240. The van der Waals surface area contributed by atoms with Crippen LogP contribution >= 0.6 is 0 Å². The van der Waals surface area contributed by atoms with E-state index in [1.54, 1.807) is 6.92 Å². The first kappa shape index (κ1) is 28.1. The number of nitrogen functional groups attached to an aromatic ring is 1. The van der Waals surface area contributed by atoms with Crippen molar-refractivity contribution < 1.29 is 23.4 Å². The zero-order valence-corrected chi connectivity index (χ0v) is 24.2. The summed E-state index contributed by atoms with van der Waals surface area (Å²) in [5.74, 6) is -2.41. The lowest BCUT2D eigenvalue weighted by molar-refractivity contribution is -0.0599. The van der Waals surface area contributed by atoms with Crippen LogP contribution in [0.1, 0.15) is 32.7 Å². The number of aliphatic hydroxyl groups excluding tert-OH is 1. The number of anilines is 1. The highest BCUT2D eigenvalue weighted by Crippen LogP contribution is 2.32. The monoisotopic (exact) mass is 599 g/mol. The van der Waals surface area contributed by atoms with Gasteiger partial charge in [-0.25, -0.2) is 18.4 Å².